The highest BCUT2D eigenvalue weighted by molar-refractivity contribution is 7.10. The van der Waals surface area contributed by atoms with Gasteiger partial charge in [-0.2, -0.15) is 10.5 Å². The van der Waals surface area contributed by atoms with Gasteiger partial charge < -0.3 is 20.0 Å². The standard InChI is InChI=1S/C29H34N4O2S/c1-22-7-9-24(32(15-17-34)13-4-11-30)20-26(22)29(28-6-3-19-36-28)27-21-25(10-8-23(27)2)33(16-18-35)14-5-12-31/h3,6-10,19-21,29,34-35H,4-5,13-18H2,1-2H3. The minimum absolute atomic E-state index is 0.00351. The lowest BCUT2D eigenvalue weighted by atomic mass is 9.84. The quantitative estimate of drug-likeness (QED) is 0.343. The molecule has 0 fully saturated rings. The molecular weight excluding hydrogens is 468 g/mol. The Bertz CT molecular complexity index is 1120. The fourth-order valence-corrected chi connectivity index (χ4v) is 5.41. The largest absolute Gasteiger partial charge is 0.395 e. The molecule has 0 saturated heterocycles. The van der Waals surface area contributed by atoms with E-state index in [9.17, 15) is 10.2 Å². The normalized spacial score (nSPS) is 10.8. The molecule has 0 bridgehead atoms. The molecule has 7 heteroatoms. The number of nitriles is 2. The van der Waals surface area contributed by atoms with Crippen molar-refractivity contribution >= 4 is 22.7 Å². The van der Waals surface area contributed by atoms with Crippen LogP contribution in [0.1, 0.15) is 45.9 Å². The van der Waals surface area contributed by atoms with Gasteiger partial charge in [0.25, 0.3) is 0 Å². The number of hydrogen-bond donors (Lipinski definition) is 2. The molecule has 36 heavy (non-hydrogen) atoms. The Balaban J connectivity index is 2.14. The Morgan fingerprint density at radius 1 is 0.778 bits per heavy atom. The number of benzene rings is 2. The smallest absolute Gasteiger partial charge is 0.0640 e. The van der Waals surface area contributed by atoms with Crippen molar-refractivity contribution in [3.05, 3.63) is 81.0 Å². The van der Waals surface area contributed by atoms with Crippen LogP contribution in [0.25, 0.3) is 0 Å². The summed E-state index contributed by atoms with van der Waals surface area (Å²) in [5.74, 6) is 0.00351. The summed E-state index contributed by atoms with van der Waals surface area (Å²) in [6.45, 7) is 6.35. The second kappa shape index (κ2) is 13.7. The first-order valence-corrected chi connectivity index (χ1v) is 13.1. The molecule has 0 atom stereocenters. The first-order valence-electron chi connectivity index (χ1n) is 12.2. The number of nitrogens with zero attached hydrogens (tertiary/aromatic N) is 4. The summed E-state index contributed by atoms with van der Waals surface area (Å²) in [5.41, 5.74) is 6.69. The van der Waals surface area contributed by atoms with Gasteiger partial charge in [0.05, 0.1) is 38.2 Å². The molecule has 0 amide bonds. The van der Waals surface area contributed by atoms with Crippen LogP contribution in [-0.2, 0) is 0 Å². The van der Waals surface area contributed by atoms with Gasteiger partial charge in [0.15, 0.2) is 0 Å². The summed E-state index contributed by atoms with van der Waals surface area (Å²) in [6.07, 6.45) is 0.782. The Kier molecular flexibility index (Phi) is 10.3. The Morgan fingerprint density at radius 3 is 1.67 bits per heavy atom. The summed E-state index contributed by atoms with van der Waals surface area (Å²) >= 11 is 1.72. The zero-order chi connectivity index (χ0) is 25.9. The number of aliphatic hydroxyl groups excluding tert-OH is 2. The van der Waals surface area contributed by atoms with Gasteiger partial charge in [-0.05, 0) is 71.8 Å². The summed E-state index contributed by atoms with van der Waals surface area (Å²) in [7, 11) is 0. The van der Waals surface area contributed by atoms with E-state index in [2.05, 4.69) is 89.7 Å². The van der Waals surface area contributed by atoms with Gasteiger partial charge in [-0.25, -0.2) is 0 Å². The second-order valence-electron chi connectivity index (χ2n) is 8.77. The van der Waals surface area contributed by atoms with E-state index in [0.29, 0.717) is 39.0 Å². The molecule has 188 valence electrons. The van der Waals surface area contributed by atoms with Crippen molar-refractivity contribution in [2.45, 2.75) is 32.6 Å². The van der Waals surface area contributed by atoms with E-state index in [1.165, 1.54) is 27.1 Å². The van der Waals surface area contributed by atoms with Crippen LogP contribution in [0.4, 0.5) is 11.4 Å². The van der Waals surface area contributed by atoms with Crippen LogP contribution in [-0.4, -0.2) is 49.6 Å². The van der Waals surface area contributed by atoms with E-state index >= 15 is 0 Å². The molecular formula is C29H34N4O2S. The average Bonchev–Trinajstić information content (AvgIpc) is 3.41. The van der Waals surface area contributed by atoms with Crippen LogP contribution in [0.2, 0.25) is 0 Å². The SMILES string of the molecule is Cc1ccc(N(CCO)CCC#N)cc1C(c1cccs1)c1cc(N(CCO)CCC#N)ccc1C. The summed E-state index contributed by atoms with van der Waals surface area (Å²) in [4.78, 5) is 5.35. The highest BCUT2D eigenvalue weighted by atomic mass is 32.1. The summed E-state index contributed by atoms with van der Waals surface area (Å²) in [6, 6.07) is 21.4. The fraction of sp³-hybridized carbons (Fsp3) is 0.379. The van der Waals surface area contributed by atoms with Crippen LogP contribution in [0.3, 0.4) is 0 Å². The number of aliphatic hydroxyl groups is 2. The molecule has 0 unspecified atom stereocenters. The Labute approximate surface area is 218 Å². The minimum Gasteiger partial charge on any atom is -0.395 e. The topological polar surface area (TPSA) is 94.5 Å². The molecule has 0 saturated carbocycles. The number of hydrogen-bond acceptors (Lipinski definition) is 7. The van der Waals surface area contributed by atoms with Gasteiger partial charge in [-0.15, -0.1) is 11.3 Å². The Morgan fingerprint density at radius 2 is 1.28 bits per heavy atom. The van der Waals surface area contributed by atoms with E-state index in [1.54, 1.807) is 11.3 Å². The lowest BCUT2D eigenvalue weighted by Crippen LogP contribution is -2.28. The van der Waals surface area contributed by atoms with Gasteiger partial charge in [-0.3, -0.25) is 0 Å². The molecule has 6 nitrogen and oxygen atoms in total. The van der Waals surface area contributed by atoms with Crippen LogP contribution in [0.15, 0.2) is 53.9 Å². The highest BCUT2D eigenvalue weighted by Crippen LogP contribution is 2.40. The first kappa shape index (κ1) is 27.2. The molecule has 1 aromatic heterocycles. The van der Waals surface area contributed by atoms with Gasteiger partial charge in [0, 0.05) is 48.3 Å². The first-order chi connectivity index (χ1) is 17.5. The molecule has 0 aliphatic heterocycles. The van der Waals surface area contributed by atoms with Crippen molar-refractivity contribution < 1.29 is 10.2 Å². The number of anilines is 2. The van der Waals surface area contributed by atoms with E-state index < -0.39 is 0 Å². The van der Waals surface area contributed by atoms with Crippen LogP contribution in [0, 0.1) is 36.5 Å². The Hall–Kier alpha value is -3.36. The zero-order valence-electron chi connectivity index (χ0n) is 21.0. The molecule has 3 aromatic rings. The van der Waals surface area contributed by atoms with Crippen molar-refractivity contribution in [2.24, 2.45) is 0 Å². The van der Waals surface area contributed by atoms with Gasteiger partial charge >= 0.3 is 0 Å². The summed E-state index contributed by atoms with van der Waals surface area (Å²) < 4.78 is 0. The third-order valence-electron chi connectivity index (χ3n) is 6.43. The molecule has 0 aliphatic carbocycles. The van der Waals surface area contributed by atoms with Crippen molar-refractivity contribution in [3.63, 3.8) is 0 Å². The van der Waals surface area contributed by atoms with E-state index in [4.69, 9.17) is 10.5 Å². The third-order valence-corrected chi connectivity index (χ3v) is 7.37. The predicted molar refractivity (Wildman–Crippen MR) is 147 cm³/mol. The molecule has 1 heterocycles. The van der Waals surface area contributed by atoms with Crippen molar-refractivity contribution in [1.29, 1.82) is 10.5 Å². The maximum Gasteiger partial charge on any atom is 0.0640 e. The molecule has 0 aliphatic rings. The van der Waals surface area contributed by atoms with Crippen LogP contribution >= 0.6 is 11.3 Å². The highest BCUT2D eigenvalue weighted by Gasteiger charge is 2.24. The molecule has 0 radical (unpaired) electrons. The number of thiophene rings is 1. The third kappa shape index (κ3) is 6.65. The van der Waals surface area contributed by atoms with Crippen molar-refractivity contribution in [1.82, 2.24) is 0 Å². The lowest BCUT2D eigenvalue weighted by Gasteiger charge is -2.28. The summed E-state index contributed by atoms with van der Waals surface area (Å²) in [5, 5.41) is 39.5. The lowest BCUT2D eigenvalue weighted by molar-refractivity contribution is 0.301. The van der Waals surface area contributed by atoms with Crippen molar-refractivity contribution in [2.75, 3.05) is 49.2 Å². The number of rotatable bonds is 13. The zero-order valence-corrected chi connectivity index (χ0v) is 21.8. The monoisotopic (exact) mass is 502 g/mol. The fourth-order valence-electron chi connectivity index (χ4n) is 4.55. The van der Waals surface area contributed by atoms with E-state index in [1.807, 2.05) is 0 Å². The molecule has 2 N–H and O–H groups in total. The van der Waals surface area contributed by atoms with Gasteiger partial charge in [-0.1, -0.05) is 18.2 Å². The second-order valence-corrected chi connectivity index (χ2v) is 9.75. The molecule has 2 aromatic carbocycles. The van der Waals surface area contributed by atoms with Crippen molar-refractivity contribution in [3.8, 4) is 12.1 Å². The average molecular weight is 503 g/mol. The molecule has 3 rings (SSSR count). The van der Waals surface area contributed by atoms with Crippen LogP contribution < -0.4 is 9.80 Å². The maximum atomic E-state index is 9.62. The van der Waals surface area contributed by atoms with Crippen LogP contribution in [0.5, 0.6) is 0 Å². The minimum atomic E-state index is 0.00351. The van der Waals surface area contributed by atoms with Gasteiger partial charge in [0.1, 0.15) is 0 Å². The predicted octanol–water partition coefficient (Wildman–Crippen LogP) is 4.97. The number of aryl methyl sites for hydroxylation is 2. The van der Waals surface area contributed by atoms with E-state index in [0.717, 1.165) is 11.4 Å². The van der Waals surface area contributed by atoms with E-state index in [-0.39, 0.29) is 19.1 Å². The van der Waals surface area contributed by atoms with Gasteiger partial charge in [0.2, 0.25) is 0 Å². The molecule has 0 spiro atoms. The maximum absolute atomic E-state index is 9.62.